The number of fused-ring (bicyclic) bond motifs is 1. The number of carbonyl (C=O) groups excluding carboxylic acids is 1. The number of rotatable bonds is 5. The van der Waals surface area contributed by atoms with Crippen LogP contribution >= 0.6 is 0 Å². The molecule has 0 aliphatic rings. The van der Waals surface area contributed by atoms with Gasteiger partial charge in [-0.2, -0.15) is 0 Å². The number of amides is 1. The van der Waals surface area contributed by atoms with Gasteiger partial charge in [-0.1, -0.05) is 25.1 Å². The number of pyridine rings is 1. The molecular formula is C24H24N4O2. The first-order valence-electron chi connectivity index (χ1n) is 10.0. The van der Waals surface area contributed by atoms with Crippen molar-refractivity contribution in [1.29, 1.82) is 0 Å². The number of anilines is 1. The Labute approximate surface area is 174 Å². The minimum absolute atomic E-state index is 0.0295. The van der Waals surface area contributed by atoms with E-state index < -0.39 is 0 Å². The Bertz CT molecular complexity index is 1260. The summed E-state index contributed by atoms with van der Waals surface area (Å²) in [6, 6.07) is 17.2. The second kappa shape index (κ2) is 7.99. The maximum absolute atomic E-state index is 13.1. The molecule has 0 aliphatic carbocycles. The molecule has 0 atom stereocenters. The first-order chi connectivity index (χ1) is 14.5. The van der Waals surface area contributed by atoms with Crippen LogP contribution < -0.4 is 10.9 Å². The molecule has 30 heavy (non-hydrogen) atoms. The van der Waals surface area contributed by atoms with Crippen molar-refractivity contribution in [2.75, 3.05) is 5.32 Å². The molecule has 6 nitrogen and oxygen atoms in total. The normalized spacial score (nSPS) is 11.0. The van der Waals surface area contributed by atoms with Crippen molar-refractivity contribution >= 4 is 22.6 Å². The van der Waals surface area contributed by atoms with Gasteiger partial charge in [-0.25, -0.2) is 9.67 Å². The van der Waals surface area contributed by atoms with Crippen LogP contribution in [-0.2, 0) is 17.8 Å². The number of benzene rings is 2. The van der Waals surface area contributed by atoms with Gasteiger partial charge in [-0.05, 0) is 73.4 Å². The molecule has 0 spiro atoms. The highest BCUT2D eigenvalue weighted by molar-refractivity contribution is 5.91. The summed E-state index contributed by atoms with van der Waals surface area (Å²) in [6.45, 7) is 6.03. The summed E-state index contributed by atoms with van der Waals surface area (Å²) in [5.41, 5.74) is 5.06. The fourth-order valence-electron chi connectivity index (χ4n) is 3.75. The lowest BCUT2D eigenvalue weighted by Crippen LogP contribution is -2.27. The highest BCUT2D eigenvalue weighted by Crippen LogP contribution is 2.17. The summed E-state index contributed by atoms with van der Waals surface area (Å²) in [6.07, 6.45) is 2.54. The lowest BCUT2D eigenvalue weighted by molar-refractivity contribution is -0.116. The Balaban J connectivity index is 1.75. The van der Waals surface area contributed by atoms with Gasteiger partial charge in [0.15, 0.2) is 5.65 Å². The van der Waals surface area contributed by atoms with Gasteiger partial charge in [0.2, 0.25) is 5.91 Å². The van der Waals surface area contributed by atoms with Gasteiger partial charge in [0.05, 0.1) is 11.1 Å². The van der Waals surface area contributed by atoms with Crippen molar-refractivity contribution in [3.8, 4) is 5.69 Å². The number of nitrogens with zero attached hydrogens (tertiary/aromatic N) is 3. The molecule has 0 bridgehead atoms. The van der Waals surface area contributed by atoms with Crippen molar-refractivity contribution in [1.82, 2.24) is 14.3 Å². The average Bonchev–Trinajstić information content (AvgIpc) is 2.99. The van der Waals surface area contributed by atoms with E-state index in [0.29, 0.717) is 16.7 Å². The van der Waals surface area contributed by atoms with Gasteiger partial charge in [0.25, 0.3) is 5.56 Å². The predicted molar refractivity (Wildman–Crippen MR) is 119 cm³/mol. The zero-order chi connectivity index (χ0) is 21.3. The van der Waals surface area contributed by atoms with E-state index in [1.54, 1.807) is 23.0 Å². The third-order valence-electron chi connectivity index (χ3n) is 5.08. The first kappa shape index (κ1) is 19.6. The molecule has 4 aromatic rings. The number of nitrogens with one attached hydrogen (secondary N) is 1. The summed E-state index contributed by atoms with van der Waals surface area (Å²) in [5.74, 6) is -0.221. The smallest absolute Gasteiger partial charge is 0.280 e. The highest BCUT2D eigenvalue weighted by atomic mass is 16.2. The van der Waals surface area contributed by atoms with Gasteiger partial charge in [-0.15, -0.1) is 0 Å². The Kier molecular flexibility index (Phi) is 5.23. The van der Waals surface area contributed by atoms with E-state index >= 15 is 0 Å². The molecule has 0 unspecified atom stereocenters. The monoisotopic (exact) mass is 400 g/mol. The molecule has 2 heterocycles. The van der Waals surface area contributed by atoms with E-state index in [-0.39, 0.29) is 18.0 Å². The van der Waals surface area contributed by atoms with E-state index in [2.05, 4.69) is 23.3 Å². The van der Waals surface area contributed by atoms with Crippen LogP contribution in [0.3, 0.4) is 0 Å². The molecule has 0 fully saturated rings. The molecule has 2 aromatic heterocycles. The largest absolute Gasteiger partial charge is 0.324 e. The summed E-state index contributed by atoms with van der Waals surface area (Å²) >= 11 is 0. The second-order valence-electron chi connectivity index (χ2n) is 7.49. The quantitative estimate of drug-likeness (QED) is 0.550. The van der Waals surface area contributed by atoms with Crippen LogP contribution in [0.5, 0.6) is 0 Å². The summed E-state index contributed by atoms with van der Waals surface area (Å²) in [5, 5.41) is 3.42. The summed E-state index contributed by atoms with van der Waals surface area (Å²) in [4.78, 5) is 30.3. The van der Waals surface area contributed by atoms with Crippen LogP contribution in [0.25, 0.3) is 16.7 Å². The van der Waals surface area contributed by atoms with Gasteiger partial charge in [0, 0.05) is 11.9 Å². The van der Waals surface area contributed by atoms with Crippen LogP contribution in [0.15, 0.2) is 65.6 Å². The van der Waals surface area contributed by atoms with Crippen LogP contribution in [0.4, 0.5) is 5.69 Å². The molecule has 1 N–H and O–H groups in total. The summed E-state index contributed by atoms with van der Waals surface area (Å²) in [7, 11) is 0. The molecule has 6 heteroatoms. The van der Waals surface area contributed by atoms with Crippen LogP contribution in [0.1, 0.15) is 23.6 Å². The standard InChI is InChI=1S/C24H24N4O2/c1-4-18-7-9-20(10-8-18)28-24(30)21-6-5-11-25-23(21)27(28)15-22(29)26-19-13-16(2)12-17(3)14-19/h5-14H,4,15H2,1-3H3,(H,26,29). The lowest BCUT2D eigenvalue weighted by Gasteiger charge is -2.13. The van der Waals surface area contributed by atoms with Crippen molar-refractivity contribution in [2.24, 2.45) is 0 Å². The minimum atomic E-state index is -0.221. The van der Waals surface area contributed by atoms with Crippen LogP contribution in [-0.4, -0.2) is 20.3 Å². The average molecular weight is 400 g/mol. The van der Waals surface area contributed by atoms with E-state index in [0.717, 1.165) is 23.2 Å². The molecule has 0 aliphatic heterocycles. The molecular weight excluding hydrogens is 376 g/mol. The van der Waals surface area contributed by atoms with Crippen LogP contribution in [0, 0.1) is 13.8 Å². The van der Waals surface area contributed by atoms with Gasteiger partial charge in [0.1, 0.15) is 6.54 Å². The molecule has 4 rings (SSSR count). The molecule has 0 saturated carbocycles. The van der Waals surface area contributed by atoms with E-state index in [1.807, 2.05) is 50.2 Å². The Hall–Kier alpha value is -3.67. The SMILES string of the molecule is CCc1ccc(-n2c(=O)c3cccnc3n2CC(=O)Nc2cc(C)cc(C)c2)cc1. The summed E-state index contributed by atoms with van der Waals surface area (Å²) < 4.78 is 3.16. The predicted octanol–water partition coefficient (Wildman–Crippen LogP) is 4.01. The number of hydrogen-bond acceptors (Lipinski definition) is 3. The minimum Gasteiger partial charge on any atom is -0.324 e. The zero-order valence-electron chi connectivity index (χ0n) is 17.3. The van der Waals surface area contributed by atoms with Gasteiger partial charge in [-0.3, -0.25) is 14.3 Å². The van der Waals surface area contributed by atoms with Crippen molar-refractivity contribution < 1.29 is 4.79 Å². The van der Waals surface area contributed by atoms with Crippen molar-refractivity contribution in [2.45, 2.75) is 33.7 Å². The maximum atomic E-state index is 13.1. The van der Waals surface area contributed by atoms with E-state index in [1.165, 1.54) is 10.2 Å². The van der Waals surface area contributed by atoms with Crippen molar-refractivity contribution in [3.63, 3.8) is 0 Å². The van der Waals surface area contributed by atoms with E-state index in [4.69, 9.17) is 0 Å². The van der Waals surface area contributed by atoms with E-state index in [9.17, 15) is 9.59 Å². The molecule has 1 amide bonds. The number of carbonyl (C=O) groups is 1. The highest BCUT2D eigenvalue weighted by Gasteiger charge is 2.18. The topological polar surface area (TPSA) is 68.9 Å². The number of hydrogen-bond donors (Lipinski definition) is 1. The third-order valence-corrected chi connectivity index (χ3v) is 5.08. The van der Waals surface area contributed by atoms with Gasteiger partial charge < -0.3 is 5.32 Å². The Morgan fingerprint density at radius 3 is 2.40 bits per heavy atom. The van der Waals surface area contributed by atoms with Crippen molar-refractivity contribution in [3.05, 3.63) is 87.8 Å². The fourth-order valence-corrected chi connectivity index (χ4v) is 3.75. The zero-order valence-corrected chi connectivity index (χ0v) is 17.3. The number of aromatic nitrogens is 3. The maximum Gasteiger partial charge on any atom is 0.280 e. The van der Waals surface area contributed by atoms with Gasteiger partial charge >= 0.3 is 0 Å². The second-order valence-corrected chi connectivity index (χ2v) is 7.49. The fraction of sp³-hybridized carbons (Fsp3) is 0.208. The molecule has 152 valence electrons. The molecule has 0 radical (unpaired) electrons. The molecule has 2 aromatic carbocycles. The lowest BCUT2D eigenvalue weighted by atomic mass is 10.1. The molecule has 0 saturated heterocycles. The Morgan fingerprint density at radius 1 is 1.03 bits per heavy atom. The van der Waals surface area contributed by atoms with Crippen LogP contribution in [0.2, 0.25) is 0 Å². The Morgan fingerprint density at radius 2 is 1.73 bits per heavy atom. The number of aryl methyl sites for hydroxylation is 3. The first-order valence-corrected chi connectivity index (χ1v) is 10.0. The third kappa shape index (κ3) is 3.76.